The molecule has 35 heavy (non-hydrogen) atoms. The van der Waals surface area contributed by atoms with Crippen molar-refractivity contribution in [1.29, 1.82) is 0 Å². The lowest BCUT2D eigenvalue weighted by Crippen LogP contribution is -2.44. The molecule has 5 rings (SSSR count). The van der Waals surface area contributed by atoms with E-state index in [0.717, 1.165) is 35.1 Å². The van der Waals surface area contributed by atoms with Crippen LogP contribution in [0.25, 0.3) is 11.1 Å². The van der Waals surface area contributed by atoms with Crippen LogP contribution in [0.4, 0.5) is 10.5 Å². The molecule has 2 amide bonds. The van der Waals surface area contributed by atoms with Crippen molar-refractivity contribution >= 4 is 23.7 Å². The number of anilines is 1. The highest BCUT2D eigenvalue weighted by atomic mass is 16.5. The van der Waals surface area contributed by atoms with Crippen LogP contribution in [-0.2, 0) is 16.6 Å². The number of amides is 2. The van der Waals surface area contributed by atoms with Crippen LogP contribution in [0.15, 0.2) is 54.7 Å². The average molecular weight is 475 g/mol. The Morgan fingerprint density at radius 1 is 1.09 bits per heavy atom. The zero-order valence-corrected chi connectivity index (χ0v) is 19.2. The summed E-state index contributed by atoms with van der Waals surface area (Å²) in [7, 11) is 1.48. The van der Waals surface area contributed by atoms with E-state index in [4.69, 9.17) is 4.74 Å². The number of aromatic nitrogens is 2. The Kier molecular flexibility index (Phi) is 5.98. The Morgan fingerprint density at radius 2 is 1.71 bits per heavy atom. The van der Waals surface area contributed by atoms with Crippen LogP contribution in [0.1, 0.15) is 46.8 Å². The van der Waals surface area contributed by atoms with E-state index in [1.54, 1.807) is 0 Å². The molecule has 0 aliphatic heterocycles. The molecule has 0 saturated heterocycles. The number of carbonyl (C=O) groups is 3. The summed E-state index contributed by atoms with van der Waals surface area (Å²) in [6, 6.07) is 15.3. The van der Waals surface area contributed by atoms with E-state index in [2.05, 4.69) is 27.9 Å². The lowest BCUT2D eigenvalue weighted by atomic mass is 9.98. The first-order valence-corrected chi connectivity index (χ1v) is 11.6. The van der Waals surface area contributed by atoms with Gasteiger partial charge in [-0.1, -0.05) is 61.4 Å². The summed E-state index contributed by atoms with van der Waals surface area (Å²) in [5.41, 5.74) is 4.42. The van der Waals surface area contributed by atoms with Crippen LogP contribution in [0.2, 0.25) is 0 Å². The molecule has 1 aromatic heterocycles. The molecule has 1 saturated carbocycles. The van der Waals surface area contributed by atoms with Crippen LogP contribution in [0.5, 0.6) is 0 Å². The fraction of sp³-hybridized carbons (Fsp3) is 0.308. The Balaban J connectivity index is 1.26. The minimum absolute atomic E-state index is 0.0835. The summed E-state index contributed by atoms with van der Waals surface area (Å²) in [6.07, 6.45) is 3.03. The van der Waals surface area contributed by atoms with Gasteiger partial charge >= 0.3 is 12.1 Å². The molecule has 9 nitrogen and oxygen atoms in total. The van der Waals surface area contributed by atoms with Crippen molar-refractivity contribution in [2.45, 2.75) is 31.2 Å². The summed E-state index contributed by atoms with van der Waals surface area (Å²) in [5, 5.41) is 18.6. The van der Waals surface area contributed by atoms with E-state index in [0.29, 0.717) is 12.3 Å². The molecule has 1 fully saturated rings. The van der Waals surface area contributed by atoms with Gasteiger partial charge in [-0.3, -0.25) is 9.48 Å². The number of fused-ring (bicyclic) bond motifs is 3. The lowest BCUT2D eigenvalue weighted by Gasteiger charge is -2.19. The van der Waals surface area contributed by atoms with Gasteiger partial charge in [0, 0.05) is 13.0 Å². The molecular formula is C26H26N4O5. The number of hydrogen-bond acceptors (Lipinski definition) is 5. The smallest absolute Gasteiger partial charge is 0.407 e. The molecule has 2 aliphatic carbocycles. The van der Waals surface area contributed by atoms with E-state index < -0.39 is 24.0 Å². The number of alkyl carbamates (subject to hydrolysis) is 1. The molecule has 2 aliphatic rings. The standard InChI is InChI=1S/C26H26N4O5/c1-30-23(25(32)33)22(13-27-30)28-24(31)21(12-15-10-11-15)29-26(34)35-14-20-18-8-4-2-6-16(18)17-7-3-5-9-19(17)20/h2-9,13,15,20-21H,10-12,14H2,1H3,(H,28,31)(H,29,34)(H,32,33). The summed E-state index contributed by atoms with van der Waals surface area (Å²) < 4.78 is 6.77. The third-order valence-electron chi connectivity index (χ3n) is 6.62. The first-order chi connectivity index (χ1) is 16.9. The summed E-state index contributed by atoms with van der Waals surface area (Å²) >= 11 is 0. The van der Waals surface area contributed by atoms with Gasteiger partial charge in [0.15, 0.2) is 5.69 Å². The second-order valence-corrected chi connectivity index (χ2v) is 9.03. The van der Waals surface area contributed by atoms with Gasteiger partial charge in [0.2, 0.25) is 5.91 Å². The number of nitrogens with one attached hydrogen (secondary N) is 2. The number of aromatic carboxylic acids is 1. The summed E-state index contributed by atoms with van der Waals surface area (Å²) in [5.74, 6) is -1.45. The van der Waals surface area contributed by atoms with Crippen molar-refractivity contribution < 1.29 is 24.2 Å². The number of benzene rings is 2. The highest BCUT2D eigenvalue weighted by molar-refractivity contribution is 6.01. The van der Waals surface area contributed by atoms with Crippen molar-refractivity contribution in [3.8, 4) is 11.1 Å². The molecule has 1 atom stereocenters. The molecule has 0 spiro atoms. The second-order valence-electron chi connectivity index (χ2n) is 9.03. The zero-order chi connectivity index (χ0) is 24.5. The Morgan fingerprint density at radius 3 is 2.31 bits per heavy atom. The molecule has 1 unspecified atom stereocenters. The largest absolute Gasteiger partial charge is 0.476 e. The van der Waals surface area contributed by atoms with E-state index >= 15 is 0 Å². The fourth-order valence-corrected chi connectivity index (χ4v) is 4.70. The van der Waals surface area contributed by atoms with Gasteiger partial charge in [-0.05, 0) is 34.6 Å². The van der Waals surface area contributed by atoms with Gasteiger partial charge in [-0.2, -0.15) is 5.10 Å². The molecule has 1 heterocycles. The average Bonchev–Trinajstić information content (AvgIpc) is 3.50. The number of rotatable bonds is 8. The normalized spacial score (nSPS) is 15.1. The number of aryl methyl sites for hydroxylation is 1. The SMILES string of the molecule is Cn1ncc(NC(=O)C(CC2CC2)NC(=O)OCC2c3ccccc3-c3ccccc32)c1C(=O)O. The molecule has 3 aromatic rings. The maximum Gasteiger partial charge on any atom is 0.407 e. The van der Waals surface area contributed by atoms with Crippen molar-refractivity contribution in [2.75, 3.05) is 11.9 Å². The number of carboxylic acids is 1. The van der Waals surface area contributed by atoms with Gasteiger partial charge in [-0.15, -0.1) is 0 Å². The lowest BCUT2D eigenvalue weighted by molar-refractivity contribution is -0.118. The van der Waals surface area contributed by atoms with Crippen molar-refractivity contribution in [2.24, 2.45) is 13.0 Å². The number of hydrogen-bond donors (Lipinski definition) is 3. The maximum atomic E-state index is 13.0. The number of nitrogens with zero attached hydrogens (tertiary/aromatic N) is 2. The highest BCUT2D eigenvalue weighted by Crippen LogP contribution is 2.44. The summed E-state index contributed by atoms with van der Waals surface area (Å²) in [6.45, 7) is 0.142. The molecule has 2 aromatic carbocycles. The molecule has 0 radical (unpaired) electrons. The van der Waals surface area contributed by atoms with Crippen LogP contribution in [0, 0.1) is 5.92 Å². The predicted molar refractivity (Wildman–Crippen MR) is 128 cm³/mol. The molecule has 9 heteroatoms. The van der Waals surface area contributed by atoms with Gasteiger partial charge in [0.05, 0.1) is 11.9 Å². The zero-order valence-electron chi connectivity index (χ0n) is 19.2. The molecule has 0 bridgehead atoms. The highest BCUT2D eigenvalue weighted by Gasteiger charge is 2.33. The number of carboxylic acid groups (broad SMARTS) is 1. The second kappa shape index (κ2) is 9.25. The van der Waals surface area contributed by atoms with Crippen LogP contribution in [-0.4, -0.2) is 45.5 Å². The minimum Gasteiger partial charge on any atom is -0.476 e. The van der Waals surface area contributed by atoms with Crippen molar-refractivity contribution in [1.82, 2.24) is 15.1 Å². The predicted octanol–water partition coefficient (Wildman–Crippen LogP) is 3.76. The van der Waals surface area contributed by atoms with Gasteiger partial charge in [-0.25, -0.2) is 9.59 Å². The van der Waals surface area contributed by atoms with Crippen LogP contribution >= 0.6 is 0 Å². The first-order valence-electron chi connectivity index (χ1n) is 11.6. The first kappa shape index (κ1) is 22.6. The monoisotopic (exact) mass is 474 g/mol. The Hall–Kier alpha value is -4.14. The number of carbonyl (C=O) groups excluding carboxylic acids is 2. The van der Waals surface area contributed by atoms with E-state index in [1.165, 1.54) is 17.9 Å². The van der Waals surface area contributed by atoms with Crippen LogP contribution in [0.3, 0.4) is 0 Å². The van der Waals surface area contributed by atoms with Gasteiger partial charge in [0.25, 0.3) is 0 Å². The third-order valence-corrected chi connectivity index (χ3v) is 6.62. The van der Waals surface area contributed by atoms with Gasteiger partial charge in [0.1, 0.15) is 12.6 Å². The molecular weight excluding hydrogens is 448 g/mol. The topological polar surface area (TPSA) is 123 Å². The summed E-state index contributed by atoms with van der Waals surface area (Å²) in [4.78, 5) is 37.2. The van der Waals surface area contributed by atoms with E-state index in [1.807, 2.05) is 36.4 Å². The van der Waals surface area contributed by atoms with E-state index in [-0.39, 0.29) is 23.9 Å². The quantitative estimate of drug-likeness (QED) is 0.457. The maximum absolute atomic E-state index is 13.0. The Bertz CT molecular complexity index is 1250. The fourth-order valence-electron chi connectivity index (χ4n) is 4.70. The Labute approximate surface area is 202 Å². The van der Waals surface area contributed by atoms with Gasteiger partial charge < -0.3 is 20.5 Å². The third kappa shape index (κ3) is 4.62. The minimum atomic E-state index is -1.21. The van der Waals surface area contributed by atoms with Crippen molar-refractivity contribution in [3.63, 3.8) is 0 Å². The number of ether oxygens (including phenoxy) is 1. The van der Waals surface area contributed by atoms with Crippen molar-refractivity contribution in [3.05, 3.63) is 71.5 Å². The molecule has 3 N–H and O–H groups in total. The van der Waals surface area contributed by atoms with Crippen LogP contribution < -0.4 is 10.6 Å². The molecule has 180 valence electrons. The van der Waals surface area contributed by atoms with E-state index in [9.17, 15) is 19.5 Å².